The minimum atomic E-state index is 0.214. The van der Waals surface area contributed by atoms with Gasteiger partial charge in [0.25, 0.3) is 0 Å². The molecular formula is C10H18N2O. The summed E-state index contributed by atoms with van der Waals surface area (Å²) >= 11 is 0. The Morgan fingerprint density at radius 1 is 1.46 bits per heavy atom. The second kappa shape index (κ2) is 3.66. The predicted molar refractivity (Wildman–Crippen MR) is 51.0 cm³/mol. The molecule has 2 rings (SSSR count). The summed E-state index contributed by atoms with van der Waals surface area (Å²) in [6, 6.07) is 0. The van der Waals surface area contributed by atoms with E-state index >= 15 is 0 Å². The van der Waals surface area contributed by atoms with E-state index in [0.717, 1.165) is 25.3 Å². The summed E-state index contributed by atoms with van der Waals surface area (Å²) in [5.74, 6) is 1.67. The Balaban J connectivity index is 1.98. The van der Waals surface area contributed by atoms with Gasteiger partial charge in [0.15, 0.2) is 0 Å². The lowest BCUT2D eigenvalue weighted by atomic mass is 9.82. The zero-order valence-electron chi connectivity index (χ0n) is 7.96. The Morgan fingerprint density at radius 3 is 2.77 bits per heavy atom. The minimum absolute atomic E-state index is 0.214. The van der Waals surface area contributed by atoms with E-state index in [2.05, 4.69) is 5.32 Å². The van der Waals surface area contributed by atoms with Gasteiger partial charge < -0.3 is 11.1 Å². The number of carbonyl (C=O) groups excluding carboxylic acids is 1. The maximum absolute atomic E-state index is 11.6. The number of hydrogen-bond acceptors (Lipinski definition) is 2. The fourth-order valence-corrected chi connectivity index (χ4v) is 2.41. The highest BCUT2D eigenvalue weighted by Crippen LogP contribution is 2.41. The van der Waals surface area contributed by atoms with Crippen molar-refractivity contribution in [3.05, 3.63) is 0 Å². The molecule has 0 bridgehead atoms. The summed E-state index contributed by atoms with van der Waals surface area (Å²) in [5.41, 5.74) is 5.73. The number of carbonyl (C=O) groups is 1. The fraction of sp³-hybridized carbons (Fsp3) is 0.900. The molecule has 0 radical (unpaired) electrons. The standard InChI is InChI=1S/C10H18N2O/c11-6-9(7-3-4-7)8-2-1-5-12-10(8)13/h7-9H,1-6,11H2,(H,12,13). The highest BCUT2D eigenvalue weighted by Gasteiger charge is 2.39. The maximum atomic E-state index is 11.6. The van der Waals surface area contributed by atoms with E-state index < -0.39 is 0 Å². The largest absolute Gasteiger partial charge is 0.356 e. The SMILES string of the molecule is NCC(C1CC1)C1CCCNC1=O. The second-order valence-corrected chi connectivity index (χ2v) is 4.28. The fourth-order valence-electron chi connectivity index (χ4n) is 2.41. The Bertz CT molecular complexity index is 201. The van der Waals surface area contributed by atoms with Gasteiger partial charge in [-0.05, 0) is 44.1 Å². The molecule has 1 aliphatic heterocycles. The van der Waals surface area contributed by atoms with Crippen molar-refractivity contribution < 1.29 is 4.79 Å². The summed E-state index contributed by atoms with van der Waals surface area (Å²) in [4.78, 5) is 11.6. The first-order chi connectivity index (χ1) is 6.33. The van der Waals surface area contributed by atoms with Gasteiger partial charge in [-0.3, -0.25) is 4.79 Å². The topological polar surface area (TPSA) is 55.1 Å². The third-order valence-electron chi connectivity index (χ3n) is 3.34. The van der Waals surface area contributed by atoms with E-state index in [1.807, 2.05) is 0 Å². The molecule has 2 fully saturated rings. The lowest BCUT2D eigenvalue weighted by Crippen LogP contribution is -2.42. The van der Waals surface area contributed by atoms with E-state index in [4.69, 9.17) is 5.73 Å². The minimum Gasteiger partial charge on any atom is -0.356 e. The van der Waals surface area contributed by atoms with Crippen LogP contribution in [0.2, 0.25) is 0 Å². The van der Waals surface area contributed by atoms with E-state index in [-0.39, 0.29) is 11.8 Å². The molecule has 1 amide bonds. The summed E-state index contributed by atoms with van der Waals surface area (Å²) in [6.45, 7) is 1.54. The van der Waals surface area contributed by atoms with Gasteiger partial charge in [0.05, 0.1) is 0 Å². The first-order valence-corrected chi connectivity index (χ1v) is 5.30. The van der Waals surface area contributed by atoms with Crippen LogP contribution in [0.1, 0.15) is 25.7 Å². The van der Waals surface area contributed by atoms with Gasteiger partial charge in [0, 0.05) is 12.5 Å². The number of nitrogens with two attached hydrogens (primary N) is 1. The number of nitrogens with one attached hydrogen (secondary N) is 1. The van der Waals surface area contributed by atoms with Gasteiger partial charge in [0.2, 0.25) is 5.91 Å². The molecule has 74 valence electrons. The second-order valence-electron chi connectivity index (χ2n) is 4.28. The molecule has 2 unspecified atom stereocenters. The smallest absolute Gasteiger partial charge is 0.223 e. The van der Waals surface area contributed by atoms with Gasteiger partial charge in [-0.25, -0.2) is 0 Å². The molecule has 3 N–H and O–H groups in total. The monoisotopic (exact) mass is 182 g/mol. The first-order valence-electron chi connectivity index (χ1n) is 5.30. The average Bonchev–Trinajstić information content (AvgIpc) is 2.93. The Hall–Kier alpha value is -0.570. The summed E-state index contributed by atoms with van der Waals surface area (Å²) in [7, 11) is 0. The zero-order chi connectivity index (χ0) is 9.26. The quantitative estimate of drug-likeness (QED) is 0.667. The number of piperidine rings is 1. The lowest BCUT2D eigenvalue weighted by Gasteiger charge is -2.28. The van der Waals surface area contributed by atoms with Crippen LogP contribution >= 0.6 is 0 Å². The van der Waals surface area contributed by atoms with Crippen molar-refractivity contribution >= 4 is 5.91 Å². The van der Waals surface area contributed by atoms with Crippen LogP contribution < -0.4 is 11.1 Å². The van der Waals surface area contributed by atoms with E-state index in [1.165, 1.54) is 12.8 Å². The number of rotatable bonds is 3. The third-order valence-corrected chi connectivity index (χ3v) is 3.34. The molecule has 0 spiro atoms. The van der Waals surface area contributed by atoms with Crippen molar-refractivity contribution in [2.45, 2.75) is 25.7 Å². The molecule has 1 saturated carbocycles. The molecule has 13 heavy (non-hydrogen) atoms. The van der Waals surface area contributed by atoms with Crippen molar-refractivity contribution in [3.63, 3.8) is 0 Å². The van der Waals surface area contributed by atoms with E-state index in [9.17, 15) is 4.79 Å². The van der Waals surface area contributed by atoms with Crippen molar-refractivity contribution in [2.24, 2.45) is 23.5 Å². The summed E-state index contributed by atoms with van der Waals surface area (Å²) in [5, 5.41) is 2.94. The average molecular weight is 182 g/mol. The van der Waals surface area contributed by atoms with Crippen LogP contribution in [0.15, 0.2) is 0 Å². The van der Waals surface area contributed by atoms with Gasteiger partial charge in [-0.1, -0.05) is 0 Å². The van der Waals surface area contributed by atoms with Crippen LogP contribution in [0.3, 0.4) is 0 Å². The molecule has 0 aromatic carbocycles. The summed E-state index contributed by atoms with van der Waals surface area (Å²) in [6.07, 6.45) is 4.74. The molecule has 3 heteroatoms. The van der Waals surface area contributed by atoms with Crippen molar-refractivity contribution in [3.8, 4) is 0 Å². The normalized spacial score (nSPS) is 31.2. The molecule has 0 aromatic heterocycles. The molecule has 0 aromatic rings. The molecule has 3 nitrogen and oxygen atoms in total. The zero-order valence-corrected chi connectivity index (χ0v) is 7.96. The highest BCUT2D eigenvalue weighted by atomic mass is 16.1. The number of hydrogen-bond donors (Lipinski definition) is 2. The number of amides is 1. The Morgan fingerprint density at radius 2 is 2.23 bits per heavy atom. The maximum Gasteiger partial charge on any atom is 0.223 e. The highest BCUT2D eigenvalue weighted by molar-refractivity contribution is 5.79. The van der Waals surface area contributed by atoms with Crippen LogP contribution in [0, 0.1) is 17.8 Å². The van der Waals surface area contributed by atoms with Gasteiger partial charge in [-0.2, -0.15) is 0 Å². The predicted octanol–water partition coefficient (Wildman–Crippen LogP) is 0.498. The van der Waals surface area contributed by atoms with Crippen LogP contribution in [0.4, 0.5) is 0 Å². The van der Waals surface area contributed by atoms with Crippen LogP contribution in [-0.2, 0) is 4.79 Å². The third kappa shape index (κ3) is 1.85. The van der Waals surface area contributed by atoms with Crippen molar-refractivity contribution in [1.82, 2.24) is 5.32 Å². The van der Waals surface area contributed by atoms with Gasteiger partial charge in [-0.15, -0.1) is 0 Å². The Kier molecular flexibility index (Phi) is 2.54. The first kappa shape index (κ1) is 9.00. The van der Waals surface area contributed by atoms with Gasteiger partial charge in [0.1, 0.15) is 0 Å². The molecule has 2 aliphatic rings. The molecule has 1 heterocycles. The molecule has 1 saturated heterocycles. The van der Waals surface area contributed by atoms with Crippen molar-refractivity contribution in [1.29, 1.82) is 0 Å². The van der Waals surface area contributed by atoms with Crippen LogP contribution in [0.25, 0.3) is 0 Å². The van der Waals surface area contributed by atoms with Crippen LogP contribution in [-0.4, -0.2) is 19.0 Å². The van der Waals surface area contributed by atoms with Gasteiger partial charge >= 0.3 is 0 Å². The van der Waals surface area contributed by atoms with Crippen LogP contribution in [0.5, 0.6) is 0 Å². The lowest BCUT2D eigenvalue weighted by molar-refractivity contribution is -0.128. The van der Waals surface area contributed by atoms with E-state index in [0.29, 0.717) is 12.5 Å². The summed E-state index contributed by atoms with van der Waals surface area (Å²) < 4.78 is 0. The van der Waals surface area contributed by atoms with E-state index in [1.54, 1.807) is 0 Å². The van der Waals surface area contributed by atoms with Crippen molar-refractivity contribution in [2.75, 3.05) is 13.1 Å². The molecule has 1 aliphatic carbocycles. The molecule has 2 atom stereocenters. The Labute approximate surface area is 79.1 Å². The molecular weight excluding hydrogens is 164 g/mol.